The fourth-order valence-electron chi connectivity index (χ4n) is 1.46. The predicted octanol–water partition coefficient (Wildman–Crippen LogP) is 1.70. The third-order valence-electron chi connectivity index (χ3n) is 2.10. The van der Waals surface area contributed by atoms with Gasteiger partial charge in [0.25, 0.3) is 0 Å². The maximum atomic E-state index is 3.32. The molecule has 0 saturated carbocycles. The first kappa shape index (κ1) is 6.53. The summed E-state index contributed by atoms with van der Waals surface area (Å²) in [5.41, 5.74) is 3.92. The molecular formula is C9H12N2. The average molecular weight is 148 g/mol. The molecule has 58 valence electrons. The van der Waals surface area contributed by atoms with Crippen molar-refractivity contribution in [2.45, 2.75) is 6.42 Å². The molecule has 1 aromatic rings. The van der Waals surface area contributed by atoms with E-state index in [4.69, 9.17) is 0 Å². The van der Waals surface area contributed by atoms with Crippen molar-refractivity contribution in [2.24, 2.45) is 0 Å². The largest absolute Gasteiger partial charge is 0.388 e. The molecule has 1 heterocycles. The number of hydrogen-bond acceptors (Lipinski definition) is 2. The molecule has 2 nitrogen and oxygen atoms in total. The maximum absolute atomic E-state index is 3.32. The van der Waals surface area contributed by atoms with Crippen molar-refractivity contribution in [1.29, 1.82) is 0 Å². The fourth-order valence-corrected chi connectivity index (χ4v) is 1.46. The van der Waals surface area contributed by atoms with Crippen LogP contribution < -0.4 is 10.6 Å². The molecule has 0 atom stereocenters. The lowest BCUT2D eigenvalue weighted by atomic mass is 10.1. The highest BCUT2D eigenvalue weighted by molar-refractivity contribution is 5.62. The summed E-state index contributed by atoms with van der Waals surface area (Å²) in [7, 11) is 1.95. The van der Waals surface area contributed by atoms with Gasteiger partial charge in [0, 0.05) is 25.0 Å². The molecule has 0 fully saturated rings. The number of rotatable bonds is 1. The second kappa shape index (κ2) is 2.46. The zero-order valence-electron chi connectivity index (χ0n) is 6.65. The summed E-state index contributed by atoms with van der Waals surface area (Å²) in [6.45, 7) is 1.09. The zero-order chi connectivity index (χ0) is 7.68. The number of hydrogen-bond donors (Lipinski definition) is 2. The van der Waals surface area contributed by atoms with Crippen LogP contribution in [-0.2, 0) is 6.42 Å². The van der Waals surface area contributed by atoms with Crippen LogP contribution in [0.5, 0.6) is 0 Å². The van der Waals surface area contributed by atoms with Gasteiger partial charge in [-0.25, -0.2) is 0 Å². The van der Waals surface area contributed by atoms with E-state index in [0.29, 0.717) is 0 Å². The molecule has 0 aromatic heterocycles. The van der Waals surface area contributed by atoms with Crippen molar-refractivity contribution in [3.8, 4) is 0 Å². The molecule has 0 bridgehead atoms. The van der Waals surface area contributed by atoms with Crippen LogP contribution in [0.4, 0.5) is 11.4 Å². The molecule has 0 saturated heterocycles. The van der Waals surface area contributed by atoms with Gasteiger partial charge < -0.3 is 10.6 Å². The Morgan fingerprint density at radius 1 is 1.45 bits per heavy atom. The van der Waals surface area contributed by atoms with Gasteiger partial charge in [-0.1, -0.05) is 0 Å². The van der Waals surface area contributed by atoms with Crippen molar-refractivity contribution in [3.63, 3.8) is 0 Å². The smallest absolute Gasteiger partial charge is 0.0375 e. The Balaban J connectivity index is 2.41. The van der Waals surface area contributed by atoms with Gasteiger partial charge in [-0.2, -0.15) is 0 Å². The molecule has 11 heavy (non-hydrogen) atoms. The summed E-state index contributed by atoms with van der Waals surface area (Å²) in [5.74, 6) is 0. The van der Waals surface area contributed by atoms with Crippen LogP contribution in [0.1, 0.15) is 5.56 Å². The number of nitrogens with one attached hydrogen (secondary N) is 2. The Hall–Kier alpha value is -1.18. The van der Waals surface area contributed by atoms with Crippen LogP contribution in [0.3, 0.4) is 0 Å². The molecule has 2 rings (SSSR count). The van der Waals surface area contributed by atoms with Gasteiger partial charge in [-0.15, -0.1) is 0 Å². The number of anilines is 2. The van der Waals surface area contributed by atoms with E-state index in [1.54, 1.807) is 0 Å². The summed E-state index contributed by atoms with van der Waals surface area (Å²) in [4.78, 5) is 0. The van der Waals surface area contributed by atoms with E-state index >= 15 is 0 Å². The Labute approximate surface area is 66.6 Å². The van der Waals surface area contributed by atoms with Crippen molar-refractivity contribution in [1.82, 2.24) is 0 Å². The van der Waals surface area contributed by atoms with Gasteiger partial charge in [0.15, 0.2) is 0 Å². The van der Waals surface area contributed by atoms with Gasteiger partial charge in [0.05, 0.1) is 0 Å². The van der Waals surface area contributed by atoms with E-state index in [1.807, 2.05) is 7.05 Å². The van der Waals surface area contributed by atoms with Gasteiger partial charge in [-0.05, 0) is 30.2 Å². The van der Waals surface area contributed by atoms with Gasteiger partial charge in [0.1, 0.15) is 0 Å². The Bertz CT molecular complexity index is 268. The van der Waals surface area contributed by atoms with Crippen molar-refractivity contribution < 1.29 is 0 Å². The highest BCUT2D eigenvalue weighted by Crippen LogP contribution is 2.24. The third-order valence-corrected chi connectivity index (χ3v) is 2.10. The Morgan fingerprint density at radius 2 is 2.36 bits per heavy atom. The van der Waals surface area contributed by atoms with E-state index < -0.39 is 0 Å². The summed E-state index contributed by atoms with van der Waals surface area (Å²) in [5, 5.41) is 6.45. The van der Waals surface area contributed by atoms with E-state index in [1.165, 1.54) is 16.9 Å². The summed E-state index contributed by atoms with van der Waals surface area (Å²) < 4.78 is 0. The summed E-state index contributed by atoms with van der Waals surface area (Å²) >= 11 is 0. The molecule has 0 radical (unpaired) electrons. The van der Waals surface area contributed by atoms with E-state index in [-0.39, 0.29) is 0 Å². The summed E-state index contributed by atoms with van der Waals surface area (Å²) in [6.07, 6.45) is 1.16. The van der Waals surface area contributed by atoms with E-state index in [9.17, 15) is 0 Å². The minimum atomic E-state index is 1.09. The topological polar surface area (TPSA) is 24.1 Å². The second-order valence-corrected chi connectivity index (χ2v) is 2.80. The van der Waals surface area contributed by atoms with Crippen LogP contribution in [0.25, 0.3) is 0 Å². The minimum absolute atomic E-state index is 1.09. The molecule has 1 aliphatic heterocycles. The zero-order valence-corrected chi connectivity index (χ0v) is 6.65. The average Bonchev–Trinajstić information content (AvgIpc) is 2.50. The first-order chi connectivity index (χ1) is 5.40. The third kappa shape index (κ3) is 1.04. The van der Waals surface area contributed by atoms with Crippen molar-refractivity contribution >= 4 is 11.4 Å². The normalized spacial score (nSPS) is 13.9. The highest BCUT2D eigenvalue weighted by Gasteiger charge is 2.08. The molecule has 1 aliphatic rings. The molecule has 0 unspecified atom stereocenters. The van der Waals surface area contributed by atoms with Crippen molar-refractivity contribution in [3.05, 3.63) is 23.8 Å². The van der Waals surface area contributed by atoms with Crippen LogP contribution in [0.2, 0.25) is 0 Å². The highest BCUT2D eigenvalue weighted by atomic mass is 14.9. The Kier molecular flexibility index (Phi) is 1.46. The minimum Gasteiger partial charge on any atom is -0.388 e. The number of fused-ring (bicyclic) bond motifs is 1. The predicted molar refractivity (Wildman–Crippen MR) is 48.2 cm³/mol. The lowest BCUT2D eigenvalue weighted by Crippen LogP contribution is -1.90. The molecule has 2 N–H and O–H groups in total. The first-order valence-electron chi connectivity index (χ1n) is 3.95. The fraction of sp³-hybridized carbons (Fsp3) is 0.333. The van der Waals surface area contributed by atoms with Gasteiger partial charge in [0.2, 0.25) is 0 Å². The quantitative estimate of drug-likeness (QED) is 0.633. The van der Waals surface area contributed by atoms with E-state index in [0.717, 1.165) is 13.0 Å². The van der Waals surface area contributed by atoms with Crippen molar-refractivity contribution in [2.75, 3.05) is 24.2 Å². The lowest BCUT2D eigenvalue weighted by Gasteiger charge is -2.02. The maximum Gasteiger partial charge on any atom is 0.0375 e. The summed E-state index contributed by atoms with van der Waals surface area (Å²) in [6, 6.07) is 6.43. The molecular weight excluding hydrogens is 136 g/mol. The van der Waals surface area contributed by atoms with Gasteiger partial charge in [-0.3, -0.25) is 0 Å². The molecule has 1 aromatic carbocycles. The van der Waals surface area contributed by atoms with E-state index in [2.05, 4.69) is 28.8 Å². The molecule has 2 heteroatoms. The standard InChI is InChI=1S/C9H12N2/c1-10-8-2-3-9-7(6-8)4-5-11-9/h2-3,6,10-11H,4-5H2,1H3. The van der Waals surface area contributed by atoms with Crippen LogP contribution >= 0.6 is 0 Å². The van der Waals surface area contributed by atoms with Crippen LogP contribution in [-0.4, -0.2) is 13.6 Å². The van der Waals surface area contributed by atoms with Gasteiger partial charge >= 0.3 is 0 Å². The van der Waals surface area contributed by atoms with Crippen LogP contribution in [0, 0.1) is 0 Å². The molecule has 0 aliphatic carbocycles. The Morgan fingerprint density at radius 3 is 3.18 bits per heavy atom. The molecule has 0 spiro atoms. The van der Waals surface area contributed by atoms with Crippen LogP contribution in [0.15, 0.2) is 18.2 Å². The molecule has 0 amide bonds. The first-order valence-corrected chi connectivity index (χ1v) is 3.95. The monoisotopic (exact) mass is 148 g/mol. The lowest BCUT2D eigenvalue weighted by molar-refractivity contribution is 1.11. The SMILES string of the molecule is CNc1ccc2c(c1)CCN2. The number of benzene rings is 1. The second-order valence-electron chi connectivity index (χ2n) is 2.80.